The molecule has 1 amide bonds. The van der Waals surface area contributed by atoms with Crippen molar-refractivity contribution in [3.63, 3.8) is 0 Å². The van der Waals surface area contributed by atoms with Crippen LogP contribution in [0, 0.1) is 11.8 Å². The molecule has 4 heteroatoms. The Morgan fingerprint density at radius 1 is 1.58 bits per heavy atom. The molecule has 0 aliphatic carbocycles. The molecule has 19 heavy (non-hydrogen) atoms. The van der Waals surface area contributed by atoms with Gasteiger partial charge in [-0.15, -0.1) is 0 Å². The Balaban J connectivity index is 2.26. The summed E-state index contributed by atoms with van der Waals surface area (Å²) in [4.78, 5) is 11.9. The number of carbonyl (C=O) groups excluding carboxylic acids is 1. The summed E-state index contributed by atoms with van der Waals surface area (Å²) in [7, 11) is 0. The van der Waals surface area contributed by atoms with E-state index in [2.05, 4.69) is 17.6 Å². The first-order valence-corrected chi connectivity index (χ1v) is 7.64. The SMILES string of the molecule is CCCC(C)(O)CNC(=O)CC(C)C1CCCNC1. The smallest absolute Gasteiger partial charge is 0.220 e. The zero-order valence-electron chi connectivity index (χ0n) is 12.7. The van der Waals surface area contributed by atoms with Crippen molar-refractivity contribution in [1.29, 1.82) is 0 Å². The van der Waals surface area contributed by atoms with Crippen LogP contribution in [-0.2, 0) is 4.79 Å². The summed E-state index contributed by atoms with van der Waals surface area (Å²) in [6.07, 6.45) is 4.63. The lowest BCUT2D eigenvalue weighted by Crippen LogP contribution is -2.41. The van der Waals surface area contributed by atoms with Crippen molar-refractivity contribution in [2.24, 2.45) is 11.8 Å². The van der Waals surface area contributed by atoms with E-state index in [1.807, 2.05) is 6.92 Å². The van der Waals surface area contributed by atoms with Crippen LogP contribution in [0.5, 0.6) is 0 Å². The highest BCUT2D eigenvalue weighted by Gasteiger charge is 2.24. The molecule has 0 aromatic heterocycles. The maximum absolute atomic E-state index is 11.9. The highest BCUT2D eigenvalue weighted by Crippen LogP contribution is 2.22. The molecular formula is C15H30N2O2. The molecule has 0 bridgehead atoms. The molecular weight excluding hydrogens is 240 g/mol. The normalized spacial score (nSPS) is 24.5. The van der Waals surface area contributed by atoms with Crippen molar-refractivity contribution in [3.8, 4) is 0 Å². The average molecular weight is 270 g/mol. The Bertz CT molecular complexity index is 273. The first-order valence-electron chi connectivity index (χ1n) is 7.64. The van der Waals surface area contributed by atoms with E-state index >= 15 is 0 Å². The van der Waals surface area contributed by atoms with Crippen LogP contribution < -0.4 is 10.6 Å². The van der Waals surface area contributed by atoms with Crippen molar-refractivity contribution in [1.82, 2.24) is 10.6 Å². The van der Waals surface area contributed by atoms with E-state index in [1.54, 1.807) is 6.92 Å². The van der Waals surface area contributed by atoms with Gasteiger partial charge in [0.05, 0.1) is 5.60 Å². The third-order valence-corrected chi connectivity index (χ3v) is 4.10. The third-order valence-electron chi connectivity index (χ3n) is 4.10. The van der Waals surface area contributed by atoms with Gasteiger partial charge in [-0.1, -0.05) is 20.3 Å². The molecule has 1 saturated heterocycles. The monoisotopic (exact) mass is 270 g/mol. The number of nitrogens with one attached hydrogen (secondary N) is 2. The van der Waals surface area contributed by atoms with Crippen LogP contribution in [0.3, 0.4) is 0 Å². The number of rotatable bonds is 7. The maximum Gasteiger partial charge on any atom is 0.220 e. The van der Waals surface area contributed by atoms with E-state index in [0.717, 1.165) is 25.9 Å². The highest BCUT2D eigenvalue weighted by atomic mass is 16.3. The first kappa shape index (κ1) is 16.4. The molecule has 1 fully saturated rings. The Kier molecular flexibility index (Phi) is 6.80. The van der Waals surface area contributed by atoms with Crippen LogP contribution in [0.4, 0.5) is 0 Å². The van der Waals surface area contributed by atoms with Crippen LogP contribution >= 0.6 is 0 Å². The van der Waals surface area contributed by atoms with E-state index in [4.69, 9.17) is 0 Å². The topological polar surface area (TPSA) is 61.4 Å². The second-order valence-electron chi connectivity index (χ2n) is 6.31. The van der Waals surface area contributed by atoms with Crippen molar-refractivity contribution < 1.29 is 9.90 Å². The van der Waals surface area contributed by atoms with E-state index < -0.39 is 5.60 Å². The molecule has 1 rings (SSSR count). The van der Waals surface area contributed by atoms with Crippen LogP contribution in [0.15, 0.2) is 0 Å². The second-order valence-corrected chi connectivity index (χ2v) is 6.31. The number of amides is 1. The molecule has 112 valence electrons. The van der Waals surface area contributed by atoms with Crippen LogP contribution in [0.1, 0.15) is 52.9 Å². The van der Waals surface area contributed by atoms with E-state index in [1.165, 1.54) is 12.8 Å². The fourth-order valence-corrected chi connectivity index (χ4v) is 2.81. The number of aliphatic hydroxyl groups is 1. The minimum Gasteiger partial charge on any atom is -0.388 e. The van der Waals surface area contributed by atoms with E-state index in [0.29, 0.717) is 24.8 Å². The van der Waals surface area contributed by atoms with Gasteiger partial charge in [0.15, 0.2) is 0 Å². The van der Waals surface area contributed by atoms with Gasteiger partial charge in [-0.05, 0) is 51.1 Å². The minimum absolute atomic E-state index is 0.0643. The fourth-order valence-electron chi connectivity index (χ4n) is 2.81. The molecule has 3 atom stereocenters. The summed E-state index contributed by atoms with van der Waals surface area (Å²) in [5.41, 5.74) is -0.778. The summed E-state index contributed by atoms with van der Waals surface area (Å²) < 4.78 is 0. The first-order chi connectivity index (χ1) is 8.94. The summed E-state index contributed by atoms with van der Waals surface area (Å²) >= 11 is 0. The number of piperidine rings is 1. The van der Waals surface area contributed by atoms with Crippen LogP contribution in [-0.4, -0.2) is 36.2 Å². The van der Waals surface area contributed by atoms with Gasteiger partial charge in [-0.25, -0.2) is 0 Å². The lowest BCUT2D eigenvalue weighted by Gasteiger charge is -2.28. The van der Waals surface area contributed by atoms with Crippen LogP contribution in [0.25, 0.3) is 0 Å². The van der Waals surface area contributed by atoms with Gasteiger partial charge in [0.25, 0.3) is 0 Å². The largest absolute Gasteiger partial charge is 0.388 e. The predicted octanol–water partition coefficient (Wildman–Crippen LogP) is 1.68. The highest BCUT2D eigenvalue weighted by molar-refractivity contribution is 5.76. The number of hydrogen-bond donors (Lipinski definition) is 3. The third kappa shape index (κ3) is 6.39. The average Bonchev–Trinajstić information content (AvgIpc) is 2.37. The van der Waals surface area contributed by atoms with Gasteiger partial charge < -0.3 is 15.7 Å². The molecule has 0 radical (unpaired) electrons. The number of hydrogen-bond acceptors (Lipinski definition) is 3. The summed E-state index contributed by atoms with van der Waals surface area (Å²) in [5, 5.41) is 16.3. The quantitative estimate of drug-likeness (QED) is 0.659. The molecule has 0 aromatic rings. The van der Waals surface area contributed by atoms with Gasteiger partial charge in [-0.2, -0.15) is 0 Å². The van der Waals surface area contributed by atoms with E-state index in [-0.39, 0.29) is 5.91 Å². The molecule has 0 aromatic carbocycles. The Morgan fingerprint density at radius 2 is 2.32 bits per heavy atom. The molecule has 3 unspecified atom stereocenters. The summed E-state index contributed by atoms with van der Waals surface area (Å²) in [6.45, 7) is 8.47. The van der Waals surface area contributed by atoms with Gasteiger partial charge in [0.2, 0.25) is 5.91 Å². The molecule has 1 heterocycles. The van der Waals surface area contributed by atoms with Crippen molar-refractivity contribution >= 4 is 5.91 Å². The minimum atomic E-state index is -0.778. The van der Waals surface area contributed by atoms with Gasteiger partial charge in [-0.3, -0.25) is 4.79 Å². The summed E-state index contributed by atoms with van der Waals surface area (Å²) in [5.74, 6) is 1.08. The zero-order chi connectivity index (χ0) is 14.3. The van der Waals surface area contributed by atoms with E-state index in [9.17, 15) is 9.90 Å². The standard InChI is InChI=1S/C15H30N2O2/c1-4-7-15(3,19)11-17-14(18)9-12(2)13-6-5-8-16-10-13/h12-13,16,19H,4-11H2,1-3H3,(H,17,18). The molecule has 0 saturated carbocycles. The summed E-state index contributed by atoms with van der Waals surface area (Å²) in [6, 6.07) is 0. The molecule has 3 N–H and O–H groups in total. The zero-order valence-corrected chi connectivity index (χ0v) is 12.7. The number of carbonyl (C=O) groups is 1. The van der Waals surface area contributed by atoms with Gasteiger partial charge in [0.1, 0.15) is 0 Å². The Hall–Kier alpha value is -0.610. The molecule has 1 aliphatic heterocycles. The molecule has 4 nitrogen and oxygen atoms in total. The van der Waals surface area contributed by atoms with Crippen molar-refractivity contribution in [2.45, 2.75) is 58.5 Å². The molecule has 0 spiro atoms. The second kappa shape index (κ2) is 7.85. The van der Waals surface area contributed by atoms with Gasteiger partial charge >= 0.3 is 0 Å². The Morgan fingerprint density at radius 3 is 2.89 bits per heavy atom. The predicted molar refractivity (Wildman–Crippen MR) is 77.9 cm³/mol. The Labute approximate surface area is 117 Å². The fraction of sp³-hybridized carbons (Fsp3) is 0.933. The van der Waals surface area contributed by atoms with Gasteiger partial charge in [0, 0.05) is 13.0 Å². The molecule has 1 aliphatic rings. The lowest BCUT2D eigenvalue weighted by atomic mass is 9.85. The lowest BCUT2D eigenvalue weighted by molar-refractivity contribution is -0.123. The van der Waals surface area contributed by atoms with Crippen LogP contribution in [0.2, 0.25) is 0 Å². The van der Waals surface area contributed by atoms with Crippen molar-refractivity contribution in [3.05, 3.63) is 0 Å². The van der Waals surface area contributed by atoms with Crippen molar-refractivity contribution in [2.75, 3.05) is 19.6 Å². The maximum atomic E-state index is 11.9.